The molecule has 0 atom stereocenters. The van der Waals surface area contributed by atoms with Gasteiger partial charge >= 0.3 is 0 Å². The van der Waals surface area contributed by atoms with Crippen molar-refractivity contribution in [3.05, 3.63) is 23.8 Å². The molecule has 0 radical (unpaired) electrons. The van der Waals surface area contributed by atoms with E-state index in [1.165, 1.54) is 12.0 Å². The maximum Gasteiger partial charge on any atom is -0.00976 e. The van der Waals surface area contributed by atoms with Crippen LogP contribution < -0.4 is 0 Å². The van der Waals surface area contributed by atoms with Crippen molar-refractivity contribution in [1.82, 2.24) is 0 Å². The quantitative estimate of drug-likeness (QED) is 0.417. The van der Waals surface area contributed by atoms with E-state index in [1.807, 2.05) is 0 Å². The van der Waals surface area contributed by atoms with Crippen LogP contribution in [-0.4, -0.2) is 0 Å². The first-order valence-electron chi connectivity index (χ1n) is 2.25. The Balaban J connectivity index is 2.60. The zero-order valence-electron chi connectivity index (χ0n) is 3.94. The molecule has 0 fully saturated rings. The Morgan fingerprint density at radius 2 is 2.50 bits per heavy atom. The third-order valence-corrected chi connectivity index (χ3v) is 1.06. The lowest BCUT2D eigenvalue weighted by Gasteiger charge is -2.02. The van der Waals surface area contributed by atoms with Crippen molar-refractivity contribution in [3.8, 4) is 0 Å². The molecule has 6 heavy (non-hydrogen) atoms. The molecule has 0 aliphatic heterocycles. The van der Waals surface area contributed by atoms with Crippen LogP contribution in [0.25, 0.3) is 0 Å². The third-order valence-electron chi connectivity index (χ3n) is 1.06. The Morgan fingerprint density at radius 1 is 1.83 bits per heavy atom. The first kappa shape index (κ1) is 3.66. The molecule has 0 saturated carbocycles. The van der Waals surface area contributed by atoms with E-state index in [1.54, 1.807) is 0 Å². The Labute approximate surface area is 38.2 Å². The molecule has 1 aliphatic carbocycles. The SMILES string of the molecule is CC=C1C=CC1. The minimum atomic E-state index is 1.19. The van der Waals surface area contributed by atoms with Crippen molar-refractivity contribution in [1.29, 1.82) is 0 Å². The van der Waals surface area contributed by atoms with Crippen LogP contribution in [-0.2, 0) is 0 Å². The average Bonchev–Trinajstić information content (AvgIpc) is 1.31. The Morgan fingerprint density at radius 3 is 2.50 bits per heavy atom. The van der Waals surface area contributed by atoms with Crippen LogP contribution in [0.5, 0.6) is 0 Å². The van der Waals surface area contributed by atoms with Gasteiger partial charge in [-0.25, -0.2) is 0 Å². The fourth-order valence-electron chi connectivity index (χ4n) is 0.468. The largest absolute Gasteiger partial charge is 0.0841 e. The molecule has 0 N–H and O–H groups in total. The summed E-state index contributed by atoms with van der Waals surface area (Å²) in [4.78, 5) is 0. The molecule has 0 saturated heterocycles. The van der Waals surface area contributed by atoms with Gasteiger partial charge in [0.15, 0.2) is 0 Å². The molecular weight excluding hydrogens is 72.1 g/mol. The van der Waals surface area contributed by atoms with Crippen molar-refractivity contribution in [2.75, 3.05) is 0 Å². The van der Waals surface area contributed by atoms with E-state index < -0.39 is 0 Å². The highest BCUT2D eigenvalue weighted by Gasteiger charge is 1.93. The number of hydrogen-bond donors (Lipinski definition) is 0. The number of allylic oxidation sites excluding steroid dienone is 4. The lowest BCUT2D eigenvalue weighted by atomic mass is 10.0. The summed E-state index contributed by atoms with van der Waals surface area (Å²) >= 11 is 0. The van der Waals surface area contributed by atoms with Gasteiger partial charge in [-0.1, -0.05) is 18.2 Å². The normalized spacial score (nSPS) is 24.5. The van der Waals surface area contributed by atoms with Crippen LogP contribution in [0.2, 0.25) is 0 Å². The van der Waals surface area contributed by atoms with Gasteiger partial charge in [-0.3, -0.25) is 0 Å². The molecule has 1 rings (SSSR count). The second-order valence-corrected chi connectivity index (χ2v) is 1.47. The van der Waals surface area contributed by atoms with E-state index >= 15 is 0 Å². The molecular formula is C6H8. The summed E-state index contributed by atoms with van der Waals surface area (Å²) in [5.74, 6) is 0. The van der Waals surface area contributed by atoms with E-state index in [-0.39, 0.29) is 0 Å². The summed E-state index contributed by atoms with van der Waals surface area (Å²) < 4.78 is 0. The van der Waals surface area contributed by atoms with Crippen molar-refractivity contribution in [3.63, 3.8) is 0 Å². The molecule has 0 nitrogen and oxygen atoms in total. The topological polar surface area (TPSA) is 0 Å². The smallest absolute Gasteiger partial charge is 0.00976 e. The fraction of sp³-hybridized carbons (Fsp3) is 0.333. The van der Waals surface area contributed by atoms with Crippen LogP contribution in [0.4, 0.5) is 0 Å². The van der Waals surface area contributed by atoms with Gasteiger partial charge in [-0.15, -0.1) is 0 Å². The molecule has 0 amide bonds. The van der Waals surface area contributed by atoms with Crippen molar-refractivity contribution in [2.45, 2.75) is 13.3 Å². The lowest BCUT2D eigenvalue weighted by Crippen LogP contribution is -1.82. The van der Waals surface area contributed by atoms with Gasteiger partial charge in [0, 0.05) is 0 Å². The monoisotopic (exact) mass is 80.1 g/mol. The molecule has 1 aliphatic rings. The molecule has 0 aromatic carbocycles. The van der Waals surface area contributed by atoms with Crippen molar-refractivity contribution < 1.29 is 0 Å². The molecule has 0 bridgehead atoms. The van der Waals surface area contributed by atoms with E-state index in [4.69, 9.17) is 0 Å². The summed E-state index contributed by atoms with van der Waals surface area (Å²) in [5, 5.41) is 0. The van der Waals surface area contributed by atoms with E-state index in [2.05, 4.69) is 25.2 Å². The van der Waals surface area contributed by atoms with Crippen LogP contribution in [0.15, 0.2) is 23.8 Å². The van der Waals surface area contributed by atoms with Gasteiger partial charge in [-0.2, -0.15) is 0 Å². The van der Waals surface area contributed by atoms with Crippen LogP contribution in [0.3, 0.4) is 0 Å². The summed E-state index contributed by atoms with van der Waals surface area (Å²) in [6, 6.07) is 0. The highest BCUT2D eigenvalue weighted by atomic mass is 14.0. The zero-order chi connectivity index (χ0) is 4.41. The van der Waals surface area contributed by atoms with Crippen molar-refractivity contribution in [2.24, 2.45) is 0 Å². The van der Waals surface area contributed by atoms with Gasteiger partial charge in [0.25, 0.3) is 0 Å². The van der Waals surface area contributed by atoms with Gasteiger partial charge in [-0.05, 0) is 18.9 Å². The standard InChI is InChI=1S/C6H8/c1-2-6-4-3-5-6/h2-4H,5H2,1H3. The highest BCUT2D eigenvalue weighted by molar-refractivity contribution is 5.29. The maximum atomic E-state index is 2.16. The molecule has 0 aromatic rings. The van der Waals surface area contributed by atoms with Gasteiger partial charge in [0.1, 0.15) is 0 Å². The first-order valence-corrected chi connectivity index (χ1v) is 2.25. The predicted molar refractivity (Wildman–Crippen MR) is 27.5 cm³/mol. The minimum absolute atomic E-state index is 1.19. The lowest BCUT2D eigenvalue weighted by molar-refractivity contribution is 1.18. The summed E-state index contributed by atoms with van der Waals surface area (Å²) in [5.41, 5.74) is 1.47. The minimum Gasteiger partial charge on any atom is -0.0841 e. The van der Waals surface area contributed by atoms with Crippen LogP contribution in [0.1, 0.15) is 13.3 Å². The second kappa shape index (κ2) is 1.29. The van der Waals surface area contributed by atoms with E-state index in [0.29, 0.717) is 0 Å². The maximum absolute atomic E-state index is 2.16. The number of rotatable bonds is 0. The average molecular weight is 80.1 g/mol. The highest BCUT2D eigenvalue weighted by Crippen LogP contribution is 2.13. The van der Waals surface area contributed by atoms with Gasteiger partial charge in [0.2, 0.25) is 0 Å². The summed E-state index contributed by atoms with van der Waals surface area (Å²) in [6.45, 7) is 2.07. The van der Waals surface area contributed by atoms with Gasteiger partial charge < -0.3 is 0 Å². The summed E-state index contributed by atoms with van der Waals surface area (Å²) in [7, 11) is 0. The molecule has 32 valence electrons. The molecule has 0 spiro atoms. The fourth-order valence-corrected chi connectivity index (χ4v) is 0.468. The Bertz CT molecular complexity index is 96.6. The zero-order valence-corrected chi connectivity index (χ0v) is 3.94. The van der Waals surface area contributed by atoms with Crippen molar-refractivity contribution >= 4 is 0 Å². The second-order valence-electron chi connectivity index (χ2n) is 1.47. The molecule has 0 unspecified atom stereocenters. The molecule has 0 aromatic heterocycles. The third kappa shape index (κ3) is 0.383. The summed E-state index contributed by atoms with van der Waals surface area (Å²) in [6.07, 6.45) is 7.63. The van der Waals surface area contributed by atoms with E-state index in [9.17, 15) is 0 Å². The van der Waals surface area contributed by atoms with Crippen LogP contribution in [0, 0.1) is 0 Å². The number of hydrogen-bond acceptors (Lipinski definition) is 0. The Hall–Kier alpha value is -0.520. The predicted octanol–water partition coefficient (Wildman–Crippen LogP) is 1.89. The van der Waals surface area contributed by atoms with Crippen LogP contribution >= 0.6 is 0 Å². The first-order chi connectivity index (χ1) is 2.93. The molecule has 0 heteroatoms. The Kier molecular flexibility index (Phi) is 0.789. The van der Waals surface area contributed by atoms with Gasteiger partial charge in [0.05, 0.1) is 0 Å². The molecule has 0 heterocycles. The van der Waals surface area contributed by atoms with E-state index in [0.717, 1.165) is 0 Å².